The van der Waals surface area contributed by atoms with Crippen molar-refractivity contribution in [1.29, 1.82) is 0 Å². The summed E-state index contributed by atoms with van der Waals surface area (Å²) in [4.78, 5) is 11.6. The van der Waals surface area contributed by atoms with Crippen LogP contribution in [0.25, 0.3) is 0 Å². The second kappa shape index (κ2) is 5.27. The van der Waals surface area contributed by atoms with Crippen molar-refractivity contribution in [2.24, 2.45) is 5.92 Å². The van der Waals surface area contributed by atoms with E-state index in [1.807, 2.05) is 31.2 Å². The summed E-state index contributed by atoms with van der Waals surface area (Å²) >= 11 is 0. The van der Waals surface area contributed by atoms with E-state index in [1.165, 1.54) is 5.56 Å². The molecule has 1 aliphatic heterocycles. The third-order valence-electron chi connectivity index (χ3n) is 5.11. The number of aryl methyl sites for hydroxylation is 1. The molecule has 0 fully saturated rings. The maximum atomic E-state index is 11.6. The van der Waals surface area contributed by atoms with E-state index in [0.29, 0.717) is 11.5 Å². The predicted molar refractivity (Wildman–Crippen MR) is 88.3 cm³/mol. The topological polar surface area (TPSA) is 52.2 Å². The number of aromatic carboxylic acids is 1. The highest BCUT2D eigenvalue weighted by molar-refractivity contribution is 5.91. The van der Waals surface area contributed by atoms with Gasteiger partial charge in [-0.2, -0.15) is 0 Å². The molecular weight excluding hydrogens is 286 g/mol. The smallest absolute Gasteiger partial charge is 0.0719 e. The molecule has 0 unspecified atom stereocenters. The third kappa shape index (κ3) is 2.15. The molecule has 0 radical (unpaired) electrons. The first-order valence-electron chi connectivity index (χ1n) is 8.00. The normalized spacial score (nSPS) is 24.7. The molecule has 2 aromatic carbocycles. The van der Waals surface area contributed by atoms with Gasteiger partial charge in [0.2, 0.25) is 0 Å². The summed E-state index contributed by atoms with van der Waals surface area (Å²) in [5.74, 6) is -0.630. The van der Waals surface area contributed by atoms with Gasteiger partial charge in [0.15, 0.2) is 0 Å². The highest BCUT2D eigenvalue weighted by atomic mass is 16.4. The number of carbonyl (C=O) groups is 1. The standard InChI is InChI=1S/C20H19NO2/c1-12-10-11-16(20(22)23)17-14-8-5-9-15(14)19(21-18(12)17)13-6-3-2-4-7-13/h2-8,10-11,14-15,19,21H,9H2,1H3,(H,22,23)/p-1/t14-,15+,19+/m1/s1. The van der Waals surface area contributed by atoms with Crippen LogP contribution in [0.4, 0.5) is 5.69 Å². The van der Waals surface area contributed by atoms with E-state index >= 15 is 0 Å². The molecule has 0 amide bonds. The van der Waals surface area contributed by atoms with Gasteiger partial charge in [-0.05, 0) is 36.0 Å². The van der Waals surface area contributed by atoms with Crippen LogP contribution in [0.5, 0.6) is 0 Å². The molecule has 3 atom stereocenters. The maximum Gasteiger partial charge on any atom is 0.0719 e. The van der Waals surface area contributed by atoms with Crippen LogP contribution in [0.2, 0.25) is 0 Å². The number of allylic oxidation sites excluding steroid dienone is 2. The Kier molecular flexibility index (Phi) is 3.22. The zero-order chi connectivity index (χ0) is 16.0. The first kappa shape index (κ1) is 14.1. The van der Waals surface area contributed by atoms with Gasteiger partial charge in [-0.25, -0.2) is 0 Å². The van der Waals surface area contributed by atoms with Gasteiger partial charge in [0.1, 0.15) is 0 Å². The fourth-order valence-corrected chi connectivity index (χ4v) is 4.02. The molecule has 0 saturated heterocycles. The van der Waals surface area contributed by atoms with Crippen LogP contribution in [-0.2, 0) is 0 Å². The van der Waals surface area contributed by atoms with Crippen molar-refractivity contribution in [2.75, 3.05) is 5.32 Å². The van der Waals surface area contributed by atoms with E-state index in [0.717, 1.165) is 23.2 Å². The monoisotopic (exact) mass is 304 g/mol. The van der Waals surface area contributed by atoms with E-state index in [-0.39, 0.29) is 12.0 Å². The lowest BCUT2D eigenvalue weighted by Gasteiger charge is -2.39. The summed E-state index contributed by atoms with van der Waals surface area (Å²) in [5.41, 5.74) is 4.47. The van der Waals surface area contributed by atoms with Crippen molar-refractivity contribution >= 4 is 11.7 Å². The number of fused-ring (bicyclic) bond motifs is 3. The number of carboxylic acids is 1. The Balaban J connectivity index is 1.89. The molecule has 116 valence electrons. The van der Waals surface area contributed by atoms with E-state index < -0.39 is 5.97 Å². The molecule has 3 nitrogen and oxygen atoms in total. The largest absolute Gasteiger partial charge is 0.545 e. The molecular formula is C20H18NO2-. The quantitative estimate of drug-likeness (QED) is 0.867. The number of carbonyl (C=O) groups excluding carboxylic acids is 1. The number of anilines is 1. The summed E-state index contributed by atoms with van der Waals surface area (Å²) in [6, 6.07) is 14.1. The van der Waals surface area contributed by atoms with Gasteiger partial charge in [0.05, 0.1) is 12.0 Å². The maximum absolute atomic E-state index is 11.6. The van der Waals surface area contributed by atoms with Gasteiger partial charge in [0.25, 0.3) is 0 Å². The SMILES string of the molecule is Cc1ccc(C(=O)[O-])c2c1N[C@@H](c1ccccc1)[C@H]1CC=C[C@@H]21. The van der Waals surface area contributed by atoms with Crippen LogP contribution >= 0.6 is 0 Å². The first-order chi connectivity index (χ1) is 11.2. The van der Waals surface area contributed by atoms with Crippen LogP contribution in [0, 0.1) is 12.8 Å². The highest BCUT2D eigenvalue weighted by Crippen LogP contribution is 2.51. The molecule has 2 aromatic rings. The summed E-state index contributed by atoms with van der Waals surface area (Å²) in [6.45, 7) is 2.02. The average Bonchev–Trinajstić information content (AvgIpc) is 3.05. The van der Waals surface area contributed by atoms with Gasteiger partial charge >= 0.3 is 0 Å². The van der Waals surface area contributed by atoms with E-state index in [1.54, 1.807) is 6.07 Å². The minimum Gasteiger partial charge on any atom is -0.545 e. The van der Waals surface area contributed by atoms with Crippen molar-refractivity contribution in [1.82, 2.24) is 0 Å². The zero-order valence-corrected chi connectivity index (χ0v) is 13.0. The molecule has 2 aliphatic rings. The number of benzene rings is 2. The molecule has 0 aromatic heterocycles. The van der Waals surface area contributed by atoms with Gasteiger partial charge in [0, 0.05) is 17.2 Å². The molecule has 3 heteroatoms. The minimum absolute atomic E-state index is 0.129. The van der Waals surface area contributed by atoms with Gasteiger partial charge < -0.3 is 15.2 Å². The molecule has 1 heterocycles. The van der Waals surface area contributed by atoms with Crippen molar-refractivity contribution in [3.8, 4) is 0 Å². The third-order valence-corrected chi connectivity index (χ3v) is 5.11. The molecule has 23 heavy (non-hydrogen) atoms. The molecule has 1 aliphatic carbocycles. The van der Waals surface area contributed by atoms with Gasteiger partial charge in [-0.1, -0.05) is 54.6 Å². The second-order valence-electron chi connectivity index (χ2n) is 6.39. The molecule has 0 spiro atoms. The second-order valence-corrected chi connectivity index (χ2v) is 6.39. The number of hydrogen-bond acceptors (Lipinski definition) is 3. The van der Waals surface area contributed by atoms with E-state index in [2.05, 4.69) is 29.6 Å². The first-order valence-corrected chi connectivity index (χ1v) is 8.00. The molecule has 0 saturated carbocycles. The highest BCUT2D eigenvalue weighted by Gasteiger charge is 2.39. The fourth-order valence-electron chi connectivity index (χ4n) is 4.02. The van der Waals surface area contributed by atoms with Crippen LogP contribution in [0.3, 0.4) is 0 Å². The van der Waals surface area contributed by atoms with Crippen molar-refractivity contribution in [3.63, 3.8) is 0 Å². The molecule has 0 bridgehead atoms. The van der Waals surface area contributed by atoms with Gasteiger partial charge in [-0.3, -0.25) is 0 Å². The summed E-state index contributed by atoms with van der Waals surface area (Å²) in [7, 11) is 0. The van der Waals surface area contributed by atoms with E-state index in [9.17, 15) is 9.90 Å². The number of hydrogen-bond donors (Lipinski definition) is 1. The molecule has 4 rings (SSSR count). The predicted octanol–water partition coefficient (Wildman–Crippen LogP) is 3.19. The average molecular weight is 304 g/mol. The Morgan fingerprint density at radius 3 is 2.70 bits per heavy atom. The number of carboxylic acid groups (broad SMARTS) is 1. The van der Waals surface area contributed by atoms with Crippen LogP contribution < -0.4 is 10.4 Å². The summed E-state index contributed by atoms with van der Waals surface area (Å²) in [6.07, 6.45) is 5.28. The molecule has 1 N–H and O–H groups in total. The van der Waals surface area contributed by atoms with Gasteiger partial charge in [-0.15, -0.1) is 0 Å². The Bertz CT molecular complexity index is 795. The lowest BCUT2D eigenvalue weighted by atomic mass is 9.75. The van der Waals surface area contributed by atoms with Crippen molar-refractivity contribution < 1.29 is 9.90 Å². The summed E-state index contributed by atoms with van der Waals surface area (Å²) in [5, 5.41) is 15.2. The van der Waals surface area contributed by atoms with E-state index in [4.69, 9.17) is 0 Å². The van der Waals surface area contributed by atoms with Crippen molar-refractivity contribution in [2.45, 2.75) is 25.3 Å². The lowest BCUT2D eigenvalue weighted by molar-refractivity contribution is -0.255. The summed E-state index contributed by atoms with van der Waals surface area (Å²) < 4.78 is 0. The van der Waals surface area contributed by atoms with Crippen LogP contribution in [0.15, 0.2) is 54.6 Å². The fraction of sp³-hybridized carbons (Fsp3) is 0.250. The Morgan fingerprint density at radius 2 is 1.96 bits per heavy atom. The Hall–Kier alpha value is -2.55. The number of nitrogens with one attached hydrogen (secondary N) is 1. The lowest BCUT2D eigenvalue weighted by Crippen LogP contribution is -2.33. The Morgan fingerprint density at radius 1 is 1.17 bits per heavy atom. The van der Waals surface area contributed by atoms with Crippen LogP contribution in [-0.4, -0.2) is 5.97 Å². The Labute approximate surface area is 135 Å². The van der Waals surface area contributed by atoms with Crippen LogP contribution in [0.1, 0.15) is 45.4 Å². The number of rotatable bonds is 2. The minimum atomic E-state index is -1.10. The van der Waals surface area contributed by atoms with Crippen molar-refractivity contribution in [3.05, 3.63) is 76.9 Å². The zero-order valence-electron chi connectivity index (χ0n) is 13.0.